The Morgan fingerprint density at radius 3 is 1.34 bits per heavy atom. The van der Waals surface area contributed by atoms with Gasteiger partial charge >= 0.3 is 0 Å². The fraction of sp³-hybridized carbons (Fsp3) is 0.0769. The number of hydrogen-bond donors (Lipinski definition) is 0. The first-order valence-electron chi connectivity index (χ1n) is 11.0. The van der Waals surface area contributed by atoms with Gasteiger partial charge in [0.25, 0.3) is 11.4 Å². The zero-order valence-corrected chi connectivity index (χ0v) is 21.6. The standard InChI is InChI=1S/C26H18N4O6S2/c1-15-23(21(31)13-7-17-3-9-19(10-4-17)29(33)34)37-25(27-15)26-28-16(2)24(38-26)22(32)14-8-18-5-11-20(12-6-18)30(35)36/h3-14H,1-2H3. The SMILES string of the molecule is Cc1nc(-c2nc(C)c(C(=O)C=Cc3ccc([N+](=O)[O-])cc3)s2)sc1C(=O)C=Cc1ccc([N+](=O)[O-])cc1. The number of benzene rings is 2. The van der Waals surface area contributed by atoms with Crippen LogP contribution in [-0.2, 0) is 0 Å². The average Bonchev–Trinajstić information content (AvgIpc) is 3.48. The molecular formula is C26H18N4O6S2. The van der Waals surface area contributed by atoms with Crippen LogP contribution in [-0.4, -0.2) is 31.4 Å². The quantitative estimate of drug-likeness (QED) is 0.100. The molecule has 0 amide bonds. The fourth-order valence-corrected chi connectivity index (χ4v) is 5.33. The van der Waals surface area contributed by atoms with E-state index in [-0.39, 0.29) is 22.9 Å². The highest BCUT2D eigenvalue weighted by Crippen LogP contribution is 2.33. The third-order valence-electron chi connectivity index (χ3n) is 5.29. The number of allylic oxidation sites excluding steroid dienone is 2. The van der Waals surface area contributed by atoms with Gasteiger partial charge in [0, 0.05) is 24.3 Å². The molecule has 4 aromatic rings. The van der Waals surface area contributed by atoms with Gasteiger partial charge in [-0.05, 0) is 61.4 Å². The Morgan fingerprint density at radius 2 is 1.03 bits per heavy atom. The first kappa shape index (κ1) is 26.4. The van der Waals surface area contributed by atoms with Crippen molar-refractivity contribution in [2.45, 2.75) is 13.8 Å². The highest BCUT2D eigenvalue weighted by Gasteiger charge is 2.20. The number of carbonyl (C=O) groups is 2. The number of thiazole rings is 2. The molecule has 0 N–H and O–H groups in total. The molecule has 0 atom stereocenters. The van der Waals surface area contributed by atoms with Gasteiger partial charge in [-0.1, -0.05) is 12.2 Å². The van der Waals surface area contributed by atoms with Crippen LogP contribution < -0.4 is 0 Å². The van der Waals surface area contributed by atoms with Crippen molar-refractivity contribution in [2.75, 3.05) is 0 Å². The highest BCUT2D eigenvalue weighted by atomic mass is 32.1. The number of carbonyl (C=O) groups excluding carboxylic acids is 2. The van der Waals surface area contributed by atoms with Gasteiger partial charge in [0.15, 0.2) is 21.6 Å². The summed E-state index contributed by atoms with van der Waals surface area (Å²) in [5.41, 5.74) is 2.28. The first-order valence-corrected chi connectivity index (χ1v) is 12.6. The van der Waals surface area contributed by atoms with Crippen molar-refractivity contribution < 1.29 is 19.4 Å². The maximum Gasteiger partial charge on any atom is 0.269 e. The average molecular weight is 547 g/mol. The van der Waals surface area contributed by atoms with Gasteiger partial charge in [0.1, 0.15) is 0 Å². The largest absolute Gasteiger partial charge is 0.288 e. The number of nitro groups is 2. The van der Waals surface area contributed by atoms with Crippen LogP contribution in [0.1, 0.15) is 41.9 Å². The molecule has 0 aliphatic carbocycles. The van der Waals surface area contributed by atoms with Gasteiger partial charge in [-0.25, -0.2) is 9.97 Å². The lowest BCUT2D eigenvalue weighted by molar-refractivity contribution is -0.385. The smallest absolute Gasteiger partial charge is 0.269 e. The zero-order valence-electron chi connectivity index (χ0n) is 20.0. The predicted octanol–water partition coefficient (Wildman–Crippen LogP) is 6.49. The van der Waals surface area contributed by atoms with E-state index in [0.717, 1.165) is 0 Å². The third-order valence-corrected chi connectivity index (χ3v) is 7.77. The Labute approximate surface area is 223 Å². The fourth-order valence-electron chi connectivity index (χ4n) is 3.34. The molecule has 2 aromatic carbocycles. The van der Waals surface area contributed by atoms with Crippen LogP contribution >= 0.6 is 22.7 Å². The Morgan fingerprint density at radius 1 is 0.684 bits per heavy atom. The molecule has 0 fully saturated rings. The first-order chi connectivity index (χ1) is 18.1. The van der Waals surface area contributed by atoms with Crippen LogP contribution in [0.15, 0.2) is 60.7 Å². The van der Waals surface area contributed by atoms with E-state index in [4.69, 9.17) is 0 Å². The van der Waals surface area contributed by atoms with Crippen LogP contribution in [0, 0.1) is 34.1 Å². The Kier molecular flexibility index (Phi) is 7.74. The second-order valence-electron chi connectivity index (χ2n) is 7.96. The van der Waals surface area contributed by atoms with Gasteiger partial charge in [-0.2, -0.15) is 0 Å². The summed E-state index contributed by atoms with van der Waals surface area (Å²) in [6.45, 7) is 3.43. The summed E-state index contributed by atoms with van der Waals surface area (Å²) in [5, 5.41) is 22.6. The number of aryl methyl sites for hydroxylation is 2. The molecule has 38 heavy (non-hydrogen) atoms. The number of non-ortho nitro benzene ring substituents is 2. The summed E-state index contributed by atoms with van der Waals surface area (Å²) >= 11 is 2.34. The van der Waals surface area contributed by atoms with Crippen LogP contribution in [0.2, 0.25) is 0 Å². The summed E-state index contributed by atoms with van der Waals surface area (Å²) in [4.78, 5) is 55.9. The molecule has 0 unspecified atom stereocenters. The molecule has 190 valence electrons. The molecule has 2 aromatic heterocycles. The topological polar surface area (TPSA) is 146 Å². The number of hydrogen-bond acceptors (Lipinski definition) is 10. The number of nitrogens with zero attached hydrogens (tertiary/aromatic N) is 4. The van der Waals surface area contributed by atoms with Crippen molar-refractivity contribution >= 4 is 57.8 Å². The molecule has 2 heterocycles. The molecule has 0 aliphatic rings. The lowest BCUT2D eigenvalue weighted by Crippen LogP contribution is -1.93. The van der Waals surface area contributed by atoms with E-state index in [9.17, 15) is 29.8 Å². The maximum atomic E-state index is 12.8. The van der Waals surface area contributed by atoms with Gasteiger partial charge < -0.3 is 0 Å². The molecular weight excluding hydrogens is 528 g/mol. The Hall–Kier alpha value is -4.68. The molecule has 4 rings (SSSR count). The van der Waals surface area contributed by atoms with Crippen LogP contribution in [0.25, 0.3) is 22.2 Å². The zero-order chi connectivity index (χ0) is 27.4. The van der Waals surface area contributed by atoms with E-state index in [1.807, 2.05) is 0 Å². The Balaban J connectivity index is 1.49. The summed E-state index contributed by atoms with van der Waals surface area (Å²) in [7, 11) is 0. The van der Waals surface area contributed by atoms with Crippen molar-refractivity contribution in [1.82, 2.24) is 9.97 Å². The van der Waals surface area contributed by atoms with E-state index in [2.05, 4.69) is 9.97 Å². The minimum Gasteiger partial charge on any atom is -0.288 e. The monoisotopic (exact) mass is 546 g/mol. The van der Waals surface area contributed by atoms with E-state index in [1.54, 1.807) is 50.3 Å². The van der Waals surface area contributed by atoms with Crippen LogP contribution in [0.4, 0.5) is 11.4 Å². The molecule has 12 heteroatoms. The van der Waals surface area contributed by atoms with Crippen molar-refractivity contribution in [3.8, 4) is 10.0 Å². The Bertz CT molecular complexity index is 1490. The van der Waals surface area contributed by atoms with Crippen molar-refractivity contribution in [3.63, 3.8) is 0 Å². The van der Waals surface area contributed by atoms with Gasteiger partial charge in [0.05, 0.1) is 31.0 Å². The normalized spacial score (nSPS) is 11.3. The van der Waals surface area contributed by atoms with Crippen LogP contribution in [0.5, 0.6) is 0 Å². The van der Waals surface area contributed by atoms with Gasteiger partial charge in [-0.3, -0.25) is 29.8 Å². The highest BCUT2D eigenvalue weighted by molar-refractivity contribution is 7.23. The summed E-state index contributed by atoms with van der Waals surface area (Å²) in [6, 6.07) is 11.7. The number of rotatable bonds is 9. The number of ketones is 2. The molecule has 0 radical (unpaired) electrons. The maximum absolute atomic E-state index is 12.8. The number of nitro benzene ring substituents is 2. The molecule has 0 aliphatic heterocycles. The lowest BCUT2D eigenvalue weighted by Gasteiger charge is -1.94. The van der Waals surface area contributed by atoms with Crippen LogP contribution in [0.3, 0.4) is 0 Å². The van der Waals surface area contributed by atoms with E-state index in [1.165, 1.54) is 59.1 Å². The summed E-state index contributed by atoms with van der Waals surface area (Å²) < 4.78 is 0. The molecule has 10 nitrogen and oxygen atoms in total. The summed E-state index contributed by atoms with van der Waals surface area (Å²) in [5.74, 6) is -0.527. The molecule has 0 bridgehead atoms. The second kappa shape index (κ2) is 11.2. The number of aromatic nitrogens is 2. The van der Waals surface area contributed by atoms with E-state index >= 15 is 0 Å². The predicted molar refractivity (Wildman–Crippen MR) is 146 cm³/mol. The second-order valence-corrected chi connectivity index (χ2v) is 9.96. The third kappa shape index (κ3) is 5.99. The van der Waals surface area contributed by atoms with Gasteiger partial charge in [0.2, 0.25) is 0 Å². The van der Waals surface area contributed by atoms with Gasteiger partial charge in [-0.15, -0.1) is 22.7 Å². The van der Waals surface area contributed by atoms with Crippen molar-refractivity contribution in [2.24, 2.45) is 0 Å². The summed E-state index contributed by atoms with van der Waals surface area (Å²) in [6.07, 6.45) is 5.92. The van der Waals surface area contributed by atoms with E-state index < -0.39 is 9.85 Å². The minimum absolute atomic E-state index is 0.0325. The van der Waals surface area contributed by atoms with E-state index in [0.29, 0.717) is 42.3 Å². The van der Waals surface area contributed by atoms with Crippen molar-refractivity contribution in [3.05, 3.63) is 113 Å². The molecule has 0 saturated carbocycles. The molecule has 0 saturated heterocycles. The minimum atomic E-state index is -0.491. The van der Waals surface area contributed by atoms with Crippen molar-refractivity contribution in [1.29, 1.82) is 0 Å². The molecule has 0 spiro atoms. The lowest BCUT2D eigenvalue weighted by atomic mass is 10.1.